The lowest BCUT2D eigenvalue weighted by Gasteiger charge is -2.11. The van der Waals surface area contributed by atoms with Gasteiger partial charge in [-0.15, -0.1) is 0 Å². The van der Waals surface area contributed by atoms with Gasteiger partial charge >= 0.3 is 5.97 Å². The molecule has 0 aliphatic rings. The lowest BCUT2D eigenvalue weighted by molar-refractivity contribution is -0.133. The van der Waals surface area contributed by atoms with E-state index in [9.17, 15) is 4.79 Å². The van der Waals surface area contributed by atoms with Crippen molar-refractivity contribution in [3.8, 4) is 5.75 Å². The van der Waals surface area contributed by atoms with Crippen LogP contribution in [0.1, 0.15) is 29.2 Å². The second-order valence-electron chi connectivity index (χ2n) is 7.17. The summed E-state index contributed by atoms with van der Waals surface area (Å²) in [7, 11) is 2.81. The molecule has 3 aromatic rings. The Morgan fingerprint density at radius 1 is 0.909 bits per heavy atom. The normalized spacial score (nSPS) is 11.6. The number of hydrogen-bond acceptors (Lipinski definition) is 6. The van der Waals surface area contributed by atoms with E-state index in [-0.39, 0.29) is 6.61 Å². The molecule has 6 heteroatoms. The molecule has 0 amide bonds. The fraction of sp³-hybridized carbons (Fsp3) is 0.185. The van der Waals surface area contributed by atoms with E-state index in [2.05, 4.69) is 5.16 Å². The zero-order valence-corrected chi connectivity index (χ0v) is 19.0. The molecule has 3 rings (SSSR count). The smallest absolute Gasteiger partial charge is 0.341 e. The van der Waals surface area contributed by atoms with Gasteiger partial charge in [0.1, 0.15) is 24.5 Å². The van der Waals surface area contributed by atoms with Crippen LogP contribution >= 0.6 is 0 Å². The maximum atomic E-state index is 12.1. The summed E-state index contributed by atoms with van der Waals surface area (Å²) >= 11 is 0. The number of rotatable bonds is 10. The van der Waals surface area contributed by atoms with Crippen molar-refractivity contribution in [2.45, 2.75) is 20.1 Å². The molecular formula is C27H27NO5. The molecule has 0 spiro atoms. The van der Waals surface area contributed by atoms with Gasteiger partial charge in [0.2, 0.25) is 0 Å². The van der Waals surface area contributed by atoms with Crippen LogP contribution in [-0.4, -0.2) is 25.9 Å². The van der Waals surface area contributed by atoms with Crippen molar-refractivity contribution in [2.24, 2.45) is 5.16 Å². The highest BCUT2D eigenvalue weighted by Crippen LogP contribution is 2.22. The highest BCUT2D eigenvalue weighted by molar-refractivity contribution is 6.16. The molecule has 0 saturated heterocycles. The van der Waals surface area contributed by atoms with Crippen molar-refractivity contribution in [3.05, 3.63) is 107 Å². The molecule has 0 unspecified atom stereocenters. The van der Waals surface area contributed by atoms with Gasteiger partial charge < -0.3 is 19.0 Å². The van der Waals surface area contributed by atoms with Gasteiger partial charge in [0, 0.05) is 11.1 Å². The first-order chi connectivity index (χ1) is 16.1. The second kappa shape index (κ2) is 12.1. The predicted molar refractivity (Wildman–Crippen MR) is 128 cm³/mol. The van der Waals surface area contributed by atoms with Gasteiger partial charge in [-0.1, -0.05) is 71.9 Å². The Morgan fingerprint density at radius 2 is 1.67 bits per heavy atom. The molecule has 6 nitrogen and oxygen atoms in total. The van der Waals surface area contributed by atoms with Crippen molar-refractivity contribution >= 4 is 17.3 Å². The molecule has 0 atom stereocenters. The summed E-state index contributed by atoms with van der Waals surface area (Å²) in [5, 5.41) is 4.25. The van der Waals surface area contributed by atoms with Crippen LogP contribution in [0.15, 0.2) is 90.3 Å². The van der Waals surface area contributed by atoms with E-state index < -0.39 is 5.97 Å². The monoisotopic (exact) mass is 445 g/mol. The molecule has 0 bridgehead atoms. The van der Waals surface area contributed by atoms with E-state index in [0.29, 0.717) is 23.5 Å². The van der Waals surface area contributed by atoms with Crippen LogP contribution in [0.4, 0.5) is 0 Å². The zero-order chi connectivity index (χ0) is 23.5. The Morgan fingerprint density at radius 3 is 2.42 bits per heavy atom. The predicted octanol–water partition coefficient (Wildman–Crippen LogP) is 5.37. The SMILES string of the molecule is CO/C=C(/C(=O)OC)c1ccccc1CON=C(C)c1cccc(OCc2ccccc2)c1. The maximum Gasteiger partial charge on any atom is 0.341 e. The Hall–Kier alpha value is -4.06. The molecule has 0 saturated carbocycles. The summed E-state index contributed by atoms with van der Waals surface area (Å²) in [5.74, 6) is 0.264. The number of methoxy groups -OCH3 is 2. The van der Waals surface area contributed by atoms with Crippen LogP contribution in [0, 0.1) is 0 Å². The fourth-order valence-electron chi connectivity index (χ4n) is 3.16. The van der Waals surface area contributed by atoms with Gasteiger partial charge in [-0.25, -0.2) is 4.79 Å². The van der Waals surface area contributed by atoms with Crippen LogP contribution in [-0.2, 0) is 32.3 Å². The Kier molecular flexibility index (Phi) is 8.65. The quantitative estimate of drug-likeness (QED) is 0.138. The summed E-state index contributed by atoms with van der Waals surface area (Å²) in [4.78, 5) is 17.8. The van der Waals surface area contributed by atoms with Gasteiger partial charge in [0.25, 0.3) is 0 Å². The zero-order valence-electron chi connectivity index (χ0n) is 19.0. The van der Waals surface area contributed by atoms with Crippen molar-refractivity contribution in [2.75, 3.05) is 14.2 Å². The molecule has 3 aromatic carbocycles. The molecule has 170 valence electrons. The van der Waals surface area contributed by atoms with Crippen molar-refractivity contribution in [1.82, 2.24) is 0 Å². The summed E-state index contributed by atoms with van der Waals surface area (Å²) < 4.78 is 15.8. The van der Waals surface area contributed by atoms with Gasteiger partial charge in [0.05, 0.1) is 26.2 Å². The number of carbonyl (C=O) groups is 1. The molecule has 0 aromatic heterocycles. The third-order valence-corrected chi connectivity index (χ3v) is 4.87. The number of oxime groups is 1. The van der Waals surface area contributed by atoms with E-state index in [0.717, 1.165) is 22.4 Å². The fourth-order valence-corrected chi connectivity index (χ4v) is 3.16. The molecule has 0 heterocycles. The standard InChI is InChI=1S/C27H27NO5/c1-20(22-13-9-14-24(16-22)32-17-21-10-5-4-6-11-21)28-33-18-23-12-7-8-15-25(23)26(19-30-2)27(29)31-3/h4-16,19H,17-18H2,1-3H3/b26-19+,28-20?. The first-order valence-corrected chi connectivity index (χ1v) is 10.5. The maximum absolute atomic E-state index is 12.1. The van der Waals surface area contributed by atoms with Gasteiger partial charge in [-0.3, -0.25) is 0 Å². The Balaban J connectivity index is 1.68. The minimum atomic E-state index is -0.490. The third-order valence-electron chi connectivity index (χ3n) is 4.87. The molecule has 0 aliphatic heterocycles. The lowest BCUT2D eigenvalue weighted by Crippen LogP contribution is -2.07. The molecule has 0 N–H and O–H groups in total. The van der Waals surface area contributed by atoms with E-state index in [1.54, 1.807) is 0 Å². The topological polar surface area (TPSA) is 66.4 Å². The van der Waals surface area contributed by atoms with Crippen molar-refractivity contribution in [1.29, 1.82) is 0 Å². The van der Waals surface area contributed by atoms with E-state index in [4.69, 9.17) is 19.0 Å². The van der Waals surface area contributed by atoms with Gasteiger partial charge in [0.15, 0.2) is 0 Å². The summed E-state index contributed by atoms with van der Waals surface area (Å²) in [6.07, 6.45) is 1.36. The lowest BCUT2D eigenvalue weighted by atomic mass is 10.0. The van der Waals surface area contributed by atoms with Crippen LogP contribution in [0.25, 0.3) is 5.57 Å². The minimum absolute atomic E-state index is 0.176. The summed E-state index contributed by atoms with van der Waals surface area (Å²) in [5.41, 5.74) is 4.45. The Labute approximate surface area is 194 Å². The third kappa shape index (κ3) is 6.71. The first-order valence-electron chi connectivity index (χ1n) is 10.5. The number of carbonyl (C=O) groups excluding carboxylic acids is 1. The van der Waals surface area contributed by atoms with Crippen molar-refractivity contribution < 1.29 is 23.8 Å². The number of ether oxygens (including phenoxy) is 3. The van der Waals surface area contributed by atoms with Crippen molar-refractivity contribution in [3.63, 3.8) is 0 Å². The van der Waals surface area contributed by atoms with Crippen LogP contribution < -0.4 is 4.74 Å². The Bertz CT molecular complexity index is 1120. The number of benzene rings is 3. The molecule has 33 heavy (non-hydrogen) atoms. The minimum Gasteiger partial charge on any atom is -0.503 e. The van der Waals surface area contributed by atoms with Crippen LogP contribution in [0.3, 0.4) is 0 Å². The highest BCUT2D eigenvalue weighted by Gasteiger charge is 2.16. The van der Waals surface area contributed by atoms with Crippen LogP contribution in [0.2, 0.25) is 0 Å². The molecule has 0 fully saturated rings. The number of esters is 1. The number of hydrogen-bond donors (Lipinski definition) is 0. The average molecular weight is 446 g/mol. The van der Waals surface area contributed by atoms with Gasteiger partial charge in [-0.2, -0.15) is 0 Å². The second-order valence-corrected chi connectivity index (χ2v) is 7.17. The van der Waals surface area contributed by atoms with Gasteiger partial charge in [-0.05, 0) is 30.2 Å². The number of nitrogens with zero attached hydrogens (tertiary/aromatic N) is 1. The average Bonchev–Trinajstić information content (AvgIpc) is 2.87. The summed E-state index contributed by atoms with van der Waals surface area (Å²) in [6, 6.07) is 25.1. The highest BCUT2D eigenvalue weighted by atomic mass is 16.6. The van der Waals surface area contributed by atoms with E-state index in [1.807, 2.05) is 85.8 Å². The molecule has 0 aliphatic carbocycles. The molecular weight excluding hydrogens is 418 g/mol. The first kappa shape index (κ1) is 23.6. The largest absolute Gasteiger partial charge is 0.503 e. The van der Waals surface area contributed by atoms with E-state index in [1.165, 1.54) is 20.5 Å². The summed E-state index contributed by atoms with van der Waals surface area (Å²) in [6.45, 7) is 2.54. The van der Waals surface area contributed by atoms with E-state index >= 15 is 0 Å². The van der Waals surface area contributed by atoms with Crippen LogP contribution in [0.5, 0.6) is 5.75 Å². The molecule has 0 radical (unpaired) electrons.